The number of benzene rings is 1. The number of pyridine rings is 1. The van der Waals surface area contributed by atoms with Crippen molar-refractivity contribution < 1.29 is 17.6 Å². The lowest BCUT2D eigenvalue weighted by Crippen LogP contribution is -2.08. The van der Waals surface area contributed by atoms with Gasteiger partial charge in [0, 0.05) is 11.8 Å². The molecule has 0 saturated heterocycles. The second-order valence-corrected chi connectivity index (χ2v) is 4.17. The Balaban J connectivity index is 2.23. The average molecular weight is 281 g/mol. The number of nitrogens with one attached hydrogen (secondary N) is 1. The minimum absolute atomic E-state index is 0.0281. The number of fused-ring (bicyclic) bond motifs is 1. The zero-order valence-corrected chi connectivity index (χ0v) is 9.87. The SMILES string of the molecule is Fc1ccc(-c2nc3ccncc3[nH]2)c(C(F)(F)F)c1. The van der Waals surface area contributed by atoms with E-state index in [0.717, 1.165) is 12.1 Å². The number of aromatic nitrogens is 3. The number of aromatic amines is 1. The molecule has 3 aromatic rings. The first-order chi connectivity index (χ1) is 9.45. The number of nitrogens with zero attached hydrogens (tertiary/aromatic N) is 2. The van der Waals surface area contributed by atoms with Gasteiger partial charge in [-0.3, -0.25) is 4.98 Å². The molecule has 0 bridgehead atoms. The molecule has 3 rings (SSSR count). The first-order valence-electron chi connectivity index (χ1n) is 5.62. The molecule has 0 fully saturated rings. The molecule has 0 aliphatic rings. The van der Waals surface area contributed by atoms with Crippen molar-refractivity contribution in [2.45, 2.75) is 6.18 Å². The van der Waals surface area contributed by atoms with Crippen LogP contribution >= 0.6 is 0 Å². The largest absolute Gasteiger partial charge is 0.417 e. The molecule has 0 aliphatic heterocycles. The second-order valence-electron chi connectivity index (χ2n) is 4.17. The van der Waals surface area contributed by atoms with Gasteiger partial charge in [-0.1, -0.05) is 0 Å². The van der Waals surface area contributed by atoms with Crippen molar-refractivity contribution in [1.29, 1.82) is 0 Å². The monoisotopic (exact) mass is 281 g/mol. The van der Waals surface area contributed by atoms with Gasteiger partial charge in [0.25, 0.3) is 0 Å². The van der Waals surface area contributed by atoms with Crippen LogP contribution in [0, 0.1) is 5.82 Å². The second kappa shape index (κ2) is 4.29. The van der Waals surface area contributed by atoms with E-state index in [1.54, 1.807) is 6.07 Å². The van der Waals surface area contributed by atoms with Crippen molar-refractivity contribution in [2.24, 2.45) is 0 Å². The van der Waals surface area contributed by atoms with Crippen LogP contribution in [0.5, 0.6) is 0 Å². The molecular weight excluding hydrogens is 274 g/mol. The lowest BCUT2D eigenvalue weighted by atomic mass is 10.1. The standard InChI is InChI=1S/C13H7F4N3/c14-7-1-2-8(9(5-7)13(15,16)17)12-19-10-3-4-18-6-11(10)20-12/h1-6H,(H,19,20). The highest BCUT2D eigenvalue weighted by atomic mass is 19.4. The van der Waals surface area contributed by atoms with Crippen molar-refractivity contribution in [2.75, 3.05) is 0 Å². The minimum atomic E-state index is -4.66. The van der Waals surface area contributed by atoms with E-state index >= 15 is 0 Å². The van der Waals surface area contributed by atoms with Gasteiger partial charge in [0.15, 0.2) is 0 Å². The third kappa shape index (κ3) is 2.11. The lowest BCUT2D eigenvalue weighted by molar-refractivity contribution is -0.137. The Morgan fingerprint density at radius 1 is 1.10 bits per heavy atom. The summed E-state index contributed by atoms with van der Waals surface area (Å²) in [4.78, 5) is 10.7. The molecule has 7 heteroatoms. The maximum atomic E-state index is 13.1. The lowest BCUT2D eigenvalue weighted by Gasteiger charge is -2.11. The molecule has 20 heavy (non-hydrogen) atoms. The van der Waals surface area contributed by atoms with Crippen LogP contribution in [0.25, 0.3) is 22.4 Å². The molecule has 0 aliphatic carbocycles. The number of H-pyrrole nitrogens is 1. The van der Waals surface area contributed by atoms with Gasteiger partial charge in [-0.05, 0) is 24.3 Å². The van der Waals surface area contributed by atoms with Crippen molar-refractivity contribution in [1.82, 2.24) is 15.0 Å². The zero-order chi connectivity index (χ0) is 14.3. The smallest absolute Gasteiger partial charge is 0.337 e. The number of halogens is 4. The summed E-state index contributed by atoms with van der Waals surface area (Å²) in [5.74, 6) is -0.917. The molecule has 1 aromatic carbocycles. The van der Waals surface area contributed by atoms with E-state index in [-0.39, 0.29) is 11.4 Å². The molecule has 0 spiro atoms. The van der Waals surface area contributed by atoms with Crippen molar-refractivity contribution in [3.63, 3.8) is 0 Å². The van der Waals surface area contributed by atoms with Gasteiger partial charge < -0.3 is 4.98 Å². The average Bonchev–Trinajstić information content (AvgIpc) is 2.81. The summed E-state index contributed by atoms with van der Waals surface area (Å²) in [6, 6.07) is 4.06. The van der Waals surface area contributed by atoms with Gasteiger partial charge in [0.2, 0.25) is 0 Å². The Labute approximate surface area is 110 Å². The van der Waals surface area contributed by atoms with Crippen molar-refractivity contribution in [3.05, 3.63) is 48.0 Å². The summed E-state index contributed by atoms with van der Waals surface area (Å²) in [7, 11) is 0. The number of hydrogen-bond donors (Lipinski definition) is 1. The van der Waals surface area contributed by atoms with Crippen LogP contribution in [0.3, 0.4) is 0 Å². The predicted molar refractivity (Wildman–Crippen MR) is 64.3 cm³/mol. The molecule has 0 atom stereocenters. The molecule has 0 unspecified atom stereocenters. The van der Waals surface area contributed by atoms with Crippen LogP contribution in [-0.4, -0.2) is 15.0 Å². The van der Waals surface area contributed by atoms with Crippen molar-refractivity contribution in [3.8, 4) is 11.4 Å². The maximum Gasteiger partial charge on any atom is 0.417 e. The van der Waals surface area contributed by atoms with Gasteiger partial charge in [-0.2, -0.15) is 13.2 Å². The van der Waals surface area contributed by atoms with Crippen LogP contribution in [-0.2, 0) is 6.18 Å². The molecule has 2 aromatic heterocycles. The fourth-order valence-corrected chi connectivity index (χ4v) is 1.94. The first kappa shape index (κ1) is 12.6. The van der Waals surface area contributed by atoms with E-state index in [1.165, 1.54) is 12.4 Å². The fraction of sp³-hybridized carbons (Fsp3) is 0.0769. The predicted octanol–water partition coefficient (Wildman–Crippen LogP) is 3.78. The molecule has 2 heterocycles. The normalized spacial score (nSPS) is 12.0. The Hall–Kier alpha value is -2.44. The number of hydrogen-bond acceptors (Lipinski definition) is 2. The molecule has 1 N–H and O–H groups in total. The summed E-state index contributed by atoms with van der Waals surface area (Å²) in [6.45, 7) is 0. The highest BCUT2D eigenvalue weighted by molar-refractivity contribution is 5.79. The van der Waals surface area contributed by atoms with Crippen LogP contribution in [0.15, 0.2) is 36.7 Å². The Bertz CT molecular complexity index is 744. The fourth-order valence-electron chi connectivity index (χ4n) is 1.94. The van der Waals surface area contributed by atoms with Gasteiger partial charge in [0.05, 0.1) is 22.8 Å². The van der Waals surface area contributed by atoms with E-state index in [9.17, 15) is 17.6 Å². The van der Waals surface area contributed by atoms with Gasteiger partial charge in [0.1, 0.15) is 11.6 Å². The molecule has 3 nitrogen and oxygen atoms in total. The third-order valence-corrected chi connectivity index (χ3v) is 2.83. The molecule has 0 amide bonds. The van der Waals surface area contributed by atoms with Crippen LogP contribution < -0.4 is 0 Å². The van der Waals surface area contributed by atoms with Crippen LogP contribution in [0.1, 0.15) is 5.56 Å². The quantitative estimate of drug-likeness (QED) is 0.690. The highest BCUT2D eigenvalue weighted by Gasteiger charge is 2.34. The van der Waals surface area contributed by atoms with Gasteiger partial charge in [-0.15, -0.1) is 0 Å². The van der Waals surface area contributed by atoms with E-state index in [4.69, 9.17) is 0 Å². The molecule has 0 radical (unpaired) electrons. The molecule has 0 saturated carbocycles. The topological polar surface area (TPSA) is 41.6 Å². The van der Waals surface area contributed by atoms with E-state index in [2.05, 4.69) is 15.0 Å². The Kier molecular flexibility index (Phi) is 2.70. The summed E-state index contributed by atoms with van der Waals surface area (Å²) in [5.41, 5.74) is -0.257. The number of imidazole rings is 1. The maximum absolute atomic E-state index is 13.1. The van der Waals surface area contributed by atoms with Crippen molar-refractivity contribution >= 4 is 11.0 Å². The Morgan fingerprint density at radius 3 is 2.60 bits per heavy atom. The first-order valence-corrected chi connectivity index (χ1v) is 5.62. The summed E-state index contributed by atoms with van der Waals surface area (Å²) in [6.07, 6.45) is -1.71. The highest BCUT2D eigenvalue weighted by Crippen LogP contribution is 2.36. The van der Waals surface area contributed by atoms with Crippen LogP contribution in [0.2, 0.25) is 0 Å². The third-order valence-electron chi connectivity index (χ3n) is 2.83. The van der Waals surface area contributed by atoms with E-state index < -0.39 is 17.6 Å². The van der Waals surface area contributed by atoms with E-state index in [1.807, 2.05) is 0 Å². The van der Waals surface area contributed by atoms with Gasteiger partial charge >= 0.3 is 6.18 Å². The molecular formula is C13H7F4N3. The Morgan fingerprint density at radius 2 is 1.90 bits per heavy atom. The summed E-state index contributed by atoms with van der Waals surface area (Å²) >= 11 is 0. The van der Waals surface area contributed by atoms with Crippen LogP contribution in [0.4, 0.5) is 17.6 Å². The van der Waals surface area contributed by atoms with Gasteiger partial charge in [-0.25, -0.2) is 9.37 Å². The molecule has 102 valence electrons. The van der Waals surface area contributed by atoms with E-state index in [0.29, 0.717) is 17.1 Å². The number of rotatable bonds is 1. The summed E-state index contributed by atoms with van der Waals surface area (Å²) < 4.78 is 51.9. The zero-order valence-electron chi connectivity index (χ0n) is 9.87. The summed E-state index contributed by atoms with van der Waals surface area (Å²) in [5, 5.41) is 0. The minimum Gasteiger partial charge on any atom is -0.337 e. The number of alkyl halides is 3.